The molecule has 0 aliphatic heterocycles. The highest BCUT2D eigenvalue weighted by atomic mass is 35.5. The van der Waals surface area contributed by atoms with Crippen LogP contribution in [0.25, 0.3) is 10.2 Å². The highest BCUT2D eigenvalue weighted by Crippen LogP contribution is 2.31. The molecule has 0 saturated heterocycles. The van der Waals surface area contributed by atoms with Crippen LogP contribution in [0.2, 0.25) is 5.02 Å². The summed E-state index contributed by atoms with van der Waals surface area (Å²) in [5, 5.41) is 27.9. The molecule has 0 unspecified atom stereocenters. The van der Waals surface area contributed by atoms with Crippen LogP contribution in [0.4, 0.5) is 0 Å². The van der Waals surface area contributed by atoms with Gasteiger partial charge >= 0.3 is 4.87 Å². The molecule has 0 aliphatic rings. The first-order valence-corrected chi connectivity index (χ1v) is 15.8. The number of thiazole rings is 1. The summed E-state index contributed by atoms with van der Waals surface area (Å²) in [6.07, 6.45) is 1.31. The molecule has 0 bridgehead atoms. The van der Waals surface area contributed by atoms with E-state index in [-0.39, 0.29) is 16.4 Å². The van der Waals surface area contributed by atoms with Crippen molar-refractivity contribution in [1.29, 1.82) is 0 Å². The number of aliphatic hydroxyl groups excluding tert-OH is 1. The molecule has 0 fully saturated rings. The number of H-pyrrole nitrogens is 1. The van der Waals surface area contributed by atoms with E-state index in [0.717, 1.165) is 60.3 Å². The van der Waals surface area contributed by atoms with E-state index in [4.69, 9.17) is 16.2 Å². The smallest absolute Gasteiger partial charge is 0.305 e. The lowest BCUT2D eigenvalue weighted by Gasteiger charge is -2.13. The van der Waals surface area contributed by atoms with Crippen LogP contribution in [0.5, 0.6) is 5.75 Å². The van der Waals surface area contributed by atoms with Crippen LogP contribution in [0.15, 0.2) is 41.2 Å². The van der Waals surface area contributed by atoms with Gasteiger partial charge in [0.15, 0.2) is 0 Å². The van der Waals surface area contributed by atoms with E-state index in [1.807, 2.05) is 30.0 Å². The van der Waals surface area contributed by atoms with Crippen molar-refractivity contribution in [3.8, 4) is 5.75 Å². The van der Waals surface area contributed by atoms with Gasteiger partial charge in [0.1, 0.15) is 11.3 Å². The van der Waals surface area contributed by atoms with Crippen LogP contribution < -0.4 is 15.5 Å². The summed E-state index contributed by atoms with van der Waals surface area (Å²) in [5.41, 5.74) is 2.22. The highest BCUT2D eigenvalue weighted by molar-refractivity contribution is 7.99. The number of nitrogens with one attached hydrogen (secondary N) is 3. The molecule has 3 aromatic rings. The third-order valence-electron chi connectivity index (χ3n) is 5.24. The van der Waals surface area contributed by atoms with Crippen LogP contribution >= 0.6 is 34.7 Å². The molecule has 1 aromatic heterocycles. The predicted molar refractivity (Wildman–Crippen MR) is 154 cm³/mol. The number of benzene rings is 2. The number of aromatic nitrogens is 1. The lowest BCUT2D eigenvalue weighted by molar-refractivity contribution is 0.177. The fourth-order valence-corrected chi connectivity index (χ4v) is 5.23. The Hall–Kier alpha value is -1.64. The second kappa shape index (κ2) is 16.4. The SMILES string of the molecule is CCS(=O)(=O)O.O=c1[nH]c2c(O)ccc([C@@H](O)CNCCSCCCNCCc3ccccc3Cl)c2s1. The van der Waals surface area contributed by atoms with Crippen LogP contribution in [0.1, 0.15) is 30.6 Å². The van der Waals surface area contributed by atoms with Crippen LogP contribution in [-0.4, -0.2) is 71.6 Å². The Morgan fingerprint density at radius 2 is 1.84 bits per heavy atom. The maximum atomic E-state index is 11.6. The van der Waals surface area contributed by atoms with Crippen LogP contribution in [-0.2, 0) is 16.5 Å². The van der Waals surface area contributed by atoms with E-state index in [0.29, 0.717) is 22.3 Å². The molecule has 37 heavy (non-hydrogen) atoms. The van der Waals surface area contributed by atoms with Crippen molar-refractivity contribution >= 4 is 55.0 Å². The number of phenolic OH excluding ortho intramolecular Hbond substituents is 1. The fourth-order valence-electron chi connectivity index (χ4n) is 3.25. The number of fused-ring (bicyclic) bond motifs is 1. The van der Waals surface area contributed by atoms with Gasteiger partial charge in [0.05, 0.1) is 16.6 Å². The van der Waals surface area contributed by atoms with Gasteiger partial charge in [0, 0.05) is 29.4 Å². The van der Waals surface area contributed by atoms with Crippen molar-refractivity contribution in [2.24, 2.45) is 0 Å². The van der Waals surface area contributed by atoms with Crippen molar-refractivity contribution in [2.45, 2.75) is 25.9 Å². The first-order valence-electron chi connectivity index (χ1n) is 11.8. The Bertz CT molecular complexity index is 1270. The molecule has 0 radical (unpaired) electrons. The molecular weight excluding hydrogens is 558 g/mol. The monoisotopic (exact) mass is 591 g/mol. The minimum Gasteiger partial charge on any atom is -0.506 e. The van der Waals surface area contributed by atoms with Gasteiger partial charge in [-0.1, -0.05) is 47.2 Å². The molecule has 3 rings (SSSR count). The zero-order valence-corrected chi connectivity index (χ0v) is 23.8. The maximum Gasteiger partial charge on any atom is 0.305 e. The molecule has 0 amide bonds. The van der Waals surface area contributed by atoms with Gasteiger partial charge in [-0.25, -0.2) is 0 Å². The molecule has 0 aliphatic carbocycles. The molecule has 1 atom stereocenters. The van der Waals surface area contributed by atoms with E-state index in [9.17, 15) is 23.4 Å². The number of hydrogen-bond acceptors (Lipinski definition) is 9. The maximum absolute atomic E-state index is 11.6. The quantitative estimate of drug-likeness (QED) is 0.122. The summed E-state index contributed by atoms with van der Waals surface area (Å²) in [7, 11) is -3.66. The topological polar surface area (TPSA) is 152 Å². The number of halogens is 1. The Labute approximate surface area is 230 Å². The number of aliphatic hydroxyl groups is 1. The Morgan fingerprint density at radius 3 is 2.54 bits per heavy atom. The largest absolute Gasteiger partial charge is 0.506 e. The minimum atomic E-state index is -3.66. The fraction of sp³-hybridized carbons (Fsp3) is 0.458. The predicted octanol–water partition coefficient (Wildman–Crippen LogP) is 3.42. The first kappa shape index (κ1) is 31.6. The van der Waals surface area contributed by atoms with Gasteiger partial charge in [-0.2, -0.15) is 20.2 Å². The molecule has 6 N–H and O–H groups in total. The summed E-state index contributed by atoms with van der Waals surface area (Å²) in [6, 6.07) is 11.1. The third-order valence-corrected chi connectivity index (χ3v) is 8.34. The van der Waals surface area contributed by atoms with E-state index >= 15 is 0 Å². The first-order chi connectivity index (χ1) is 17.6. The zero-order chi connectivity index (χ0) is 27.3. The summed E-state index contributed by atoms with van der Waals surface area (Å²) in [5.74, 6) is 1.87. The number of thioether (sulfide) groups is 1. The Balaban J connectivity index is 0.000000717. The average molecular weight is 592 g/mol. The normalized spacial score (nSPS) is 12.3. The van der Waals surface area contributed by atoms with Gasteiger partial charge < -0.3 is 25.8 Å². The summed E-state index contributed by atoms with van der Waals surface area (Å²) in [6.45, 7) is 4.48. The molecule has 9 nitrogen and oxygen atoms in total. The molecule has 2 aromatic carbocycles. The van der Waals surface area contributed by atoms with E-state index in [1.54, 1.807) is 6.07 Å². The molecule has 1 heterocycles. The number of aromatic amines is 1. The van der Waals surface area contributed by atoms with Gasteiger partial charge in [-0.05, 0) is 56.3 Å². The number of aromatic hydroxyl groups is 1. The zero-order valence-electron chi connectivity index (χ0n) is 20.6. The highest BCUT2D eigenvalue weighted by Gasteiger charge is 2.15. The lowest BCUT2D eigenvalue weighted by atomic mass is 10.1. The standard InChI is InChI=1S/C22H28ClN3O3S2.C2H6O3S/c23-17-5-2-1-4-15(17)8-10-24-9-3-12-30-13-11-25-14-19(28)16-6-7-18(27)20-21(16)31-22(29)26-20;1-2-6(3,4)5/h1-2,4-7,19,24-25,27-28H,3,8-14H2,(H,26,29);2H2,1H3,(H,3,4,5)/t19-;/m0./s1. The van der Waals surface area contributed by atoms with Crippen LogP contribution in [0, 0.1) is 0 Å². The van der Waals surface area contributed by atoms with Crippen molar-refractivity contribution < 1.29 is 23.2 Å². The van der Waals surface area contributed by atoms with E-state index < -0.39 is 16.2 Å². The molecule has 0 saturated carbocycles. The van der Waals surface area contributed by atoms with Crippen molar-refractivity contribution in [3.05, 3.63) is 62.2 Å². The van der Waals surface area contributed by atoms with Gasteiger partial charge in [-0.15, -0.1) is 0 Å². The second-order valence-corrected chi connectivity index (χ2v) is 12.4. The minimum absolute atomic E-state index is 0.0204. The van der Waals surface area contributed by atoms with Crippen LogP contribution in [0.3, 0.4) is 0 Å². The third kappa shape index (κ3) is 11.7. The number of rotatable bonds is 14. The Morgan fingerprint density at radius 1 is 1.11 bits per heavy atom. The summed E-state index contributed by atoms with van der Waals surface area (Å²) in [4.78, 5) is 13.9. The average Bonchev–Trinajstić information content (AvgIpc) is 3.26. The molecule has 0 spiro atoms. The van der Waals surface area contributed by atoms with Gasteiger partial charge in [0.25, 0.3) is 10.1 Å². The van der Waals surface area contributed by atoms with E-state index in [1.165, 1.54) is 18.6 Å². The number of hydrogen-bond donors (Lipinski definition) is 6. The Kier molecular flexibility index (Phi) is 14.0. The van der Waals surface area contributed by atoms with Crippen molar-refractivity contribution in [2.75, 3.05) is 43.4 Å². The van der Waals surface area contributed by atoms with Gasteiger partial charge in [-0.3, -0.25) is 9.35 Å². The van der Waals surface area contributed by atoms with Crippen molar-refractivity contribution in [3.63, 3.8) is 0 Å². The van der Waals surface area contributed by atoms with Gasteiger partial charge in [0.2, 0.25) is 0 Å². The molecule has 13 heteroatoms. The molecular formula is C24H34ClN3O6S3. The lowest BCUT2D eigenvalue weighted by Crippen LogP contribution is -2.24. The van der Waals surface area contributed by atoms with Crippen molar-refractivity contribution in [1.82, 2.24) is 15.6 Å². The number of phenols is 1. The summed E-state index contributed by atoms with van der Waals surface area (Å²) < 4.78 is 27.5. The summed E-state index contributed by atoms with van der Waals surface area (Å²) >= 11 is 9.04. The van der Waals surface area contributed by atoms with E-state index in [2.05, 4.69) is 21.7 Å². The molecule has 206 valence electrons. The second-order valence-electron chi connectivity index (χ2n) is 8.04.